The lowest BCUT2D eigenvalue weighted by Gasteiger charge is -2.08. The van der Waals surface area contributed by atoms with Crippen molar-refractivity contribution in [3.05, 3.63) is 23.8 Å². The first-order valence-corrected chi connectivity index (χ1v) is 4.27. The van der Waals surface area contributed by atoms with Gasteiger partial charge in [0.05, 0.1) is 0 Å². The molecule has 3 N–H and O–H groups in total. The molecule has 0 saturated heterocycles. The predicted molar refractivity (Wildman–Crippen MR) is 52.0 cm³/mol. The maximum atomic E-state index is 10.6. The van der Waals surface area contributed by atoms with Crippen LogP contribution in [0.3, 0.4) is 0 Å². The Hall–Kier alpha value is -1.55. The monoisotopic (exact) mass is 195 g/mol. The van der Waals surface area contributed by atoms with E-state index >= 15 is 0 Å². The molecule has 0 bridgehead atoms. The molecule has 76 valence electrons. The first-order chi connectivity index (χ1) is 6.50. The lowest BCUT2D eigenvalue weighted by atomic mass is 10.1. The van der Waals surface area contributed by atoms with Crippen LogP contribution in [0.4, 0.5) is 0 Å². The van der Waals surface area contributed by atoms with Crippen LogP contribution in [0.15, 0.2) is 18.2 Å². The van der Waals surface area contributed by atoms with Crippen LogP contribution in [0.1, 0.15) is 25.5 Å². The van der Waals surface area contributed by atoms with Gasteiger partial charge in [0.1, 0.15) is 0 Å². The van der Waals surface area contributed by atoms with E-state index in [1.165, 1.54) is 19.1 Å². The molecule has 0 aromatic heterocycles. The Morgan fingerprint density at radius 1 is 1.57 bits per heavy atom. The van der Waals surface area contributed by atoms with Gasteiger partial charge < -0.3 is 15.6 Å². The van der Waals surface area contributed by atoms with Gasteiger partial charge in [-0.25, -0.2) is 0 Å². The van der Waals surface area contributed by atoms with Crippen LogP contribution >= 0.6 is 0 Å². The molecule has 0 saturated carbocycles. The highest BCUT2D eigenvalue weighted by atomic mass is 16.5. The number of hydrogen-bond donors (Lipinski definition) is 2. The minimum absolute atomic E-state index is 0.0741. The summed E-state index contributed by atoms with van der Waals surface area (Å²) in [6.07, 6.45) is 0. The highest BCUT2D eigenvalue weighted by Gasteiger charge is 2.07. The zero-order valence-corrected chi connectivity index (χ0v) is 8.15. The molecule has 0 aliphatic carbocycles. The van der Waals surface area contributed by atoms with E-state index in [2.05, 4.69) is 0 Å². The Morgan fingerprint density at radius 3 is 2.64 bits per heavy atom. The molecular weight excluding hydrogens is 182 g/mol. The summed E-state index contributed by atoms with van der Waals surface area (Å²) in [6.45, 7) is 3.08. The summed E-state index contributed by atoms with van der Waals surface area (Å²) in [6, 6.07) is 4.56. The highest BCUT2D eigenvalue weighted by Crippen LogP contribution is 2.28. The summed E-state index contributed by atoms with van der Waals surface area (Å²) in [4.78, 5) is 10.6. The average Bonchev–Trinajstić information content (AvgIpc) is 2.07. The molecule has 1 atom stereocenters. The number of rotatable bonds is 2. The number of esters is 1. The number of nitrogens with two attached hydrogens (primary N) is 1. The third-order valence-electron chi connectivity index (χ3n) is 1.76. The molecule has 0 aliphatic heterocycles. The van der Waals surface area contributed by atoms with Crippen molar-refractivity contribution in [3.8, 4) is 11.5 Å². The van der Waals surface area contributed by atoms with Crippen molar-refractivity contribution in [2.24, 2.45) is 5.73 Å². The summed E-state index contributed by atoms with van der Waals surface area (Å²) in [5.41, 5.74) is 6.41. The fourth-order valence-electron chi connectivity index (χ4n) is 1.06. The third-order valence-corrected chi connectivity index (χ3v) is 1.76. The van der Waals surface area contributed by atoms with E-state index in [9.17, 15) is 9.90 Å². The van der Waals surface area contributed by atoms with Crippen LogP contribution in [-0.2, 0) is 4.79 Å². The van der Waals surface area contributed by atoms with Crippen molar-refractivity contribution < 1.29 is 14.6 Å². The molecule has 0 amide bonds. The van der Waals surface area contributed by atoms with Crippen molar-refractivity contribution in [2.45, 2.75) is 19.9 Å². The Labute approximate surface area is 82.3 Å². The van der Waals surface area contributed by atoms with Gasteiger partial charge in [0.25, 0.3) is 0 Å². The maximum Gasteiger partial charge on any atom is 0.308 e. The standard InChI is InChI=1S/C10H13NO3/c1-6(11)8-3-4-10(9(13)5-8)14-7(2)12/h3-6,13H,11H2,1-2H3. The SMILES string of the molecule is CC(=O)Oc1ccc(C(C)N)cc1O. The molecule has 1 unspecified atom stereocenters. The second kappa shape index (κ2) is 4.11. The first kappa shape index (κ1) is 10.5. The van der Waals surface area contributed by atoms with E-state index in [1.54, 1.807) is 13.0 Å². The second-order valence-electron chi connectivity index (χ2n) is 3.11. The lowest BCUT2D eigenvalue weighted by molar-refractivity contribution is -0.132. The topological polar surface area (TPSA) is 72.5 Å². The normalized spacial score (nSPS) is 12.2. The first-order valence-electron chi connectivity index (χ1n) is 4.27. The molecule has 1 aromatic rings. The number of phenolic OH excluding ortho intramolecular Hbond substituents is 1. The van der Waals surface area contributed by atoms with Crippen molar-refractivity contribution in [3.63, 3.8) is 0 Å². The Morgan fingerprint density at radius 2 is 2.21 bits per heavy atom. The lowest BCUT2D eigenvalue weighted by Crippen LogP contribution is -2.06. The number of aromatic hydroxyl groups is 1. The van der Waals surface area contributed by atoms with Crippen LogP contribution in [0.5, 0.6) is 11.5 Å². The second-order valence-corrected chi connectivity index (χ2v) is 3.11. The summed E-state index contributed by atoms with van der Waals surface area (Å²) in [7, 11) is 0. The molecular formula is C10H13NO3. The van der Waals surface area contributed by atoms with Crippen molar-refractivity contribution in [1.82, 2.24) is 0 Å². The quantitative estimate of drug-likeness (QED) is 0.551. The van der Waals surface area contributed by atoms with E-state index in [4.69, 9.17) is 10.5 Å². The molecule has 14 heavy (non-hydrogen) atoms. The Balaban J connectivity index is 2.95. The fourth-order valence-corrected chi connectivity index (χ4v) is 1.06. The van der Waals surface area contributed by atoms with Gasteiger partial charge in [-0.15, -0.1) is 0 Å². The van der Waals surface area contributed by atoms with Crippen LogP contribution in [-0.4, -0.2) is 11.1 Å². The highest BCUT2D eigenvalue weighted by molar-refractivity contribution is 5.70. The summed E-state index contributed by atoms with van der Waals surface area (Å²) < 4.78 is 4.75. The largest absolute Gasteiger partial charge is 0.504 e. The van der Waals surface area contributed by atoms with Gasteiger partial charge >= 0.3 is 5.97 Å². The van der Waals surface area contributed by atoms with Gasteiger partial charge in [0.15, 0.2) is 11.5 Å². The summed E-state index contributed by atoms with van der Waals surface area (Å²) >= 11 is 0. The van der Waals surface area contributed by atoms with Crippen LogP contribution in [0, 0.1) is 0 Å². The van der Waals surface area contributed by atoms with Gasteiger partial charge in [-0.2, -0.15) is 0 Å². The van der Waals surface area contributed by atoms with E-state index in [0.717, 1.165) is 5.56 Å². The predicted octanol–water partition coefficient (Wildman–Crippen LogP) is 1.34. The van der Waals surface area contributed by atoms with Gasteiger partial charge in [0, 0.05) is 13.0 Å². The number of ether oxygens (including phenoxy) is 1. The van der Waals surface area contributed by atoms with Crippen LogP contribution < -0.4 is 10.5 Å². The summed E-state index contributed by atoms with van der Waals surface area (Å²) in [5.74, 6) is -0.384. The van der Waals surface area contributed by atoms with Crippen LogP contribution in [0.25, 0.3) is 0 Å². The molecule has 0 heterocycles. The number of carbonyl (C=O) groups is 1. The molecule has 0 radical (unpaired) electrons. The van der Waals surface area contributed by atoms with Gasteiger partial charge in [-0.3, -0.25) is 4.79 Å². The van der Waals surface area contributed by atoms with Crippen LogP contribution in [0.2, 0.25) is 0 Å². The molecule has 1 aromatic carbocycles. The number of hydrogen-bond acceptors (Lipinski definition) is 4. The van der Waals surface area contributed by atoms with E-state index < -0.39 is 5.97 Å². The van der Waals surface area contributed by atoms with E-state index in [-0.39, 0.29) is 17.5 Å². The van der Waals surface area contributed by atoms with E-state index in [1.807, 2.05) is 0 Å². The summed E-state index contributed by atoms with van der Waals surface area (Å²) in [5, 5.41) is 9.46. The molecule has 0 spiro atoms. The van der Waals surface area contributed by atoms with Crippen molar-refractivity contribution in [1.29, 1.82) is 0 Å². The van der Waals surface area contributed by atoms with Gasteiger partial charge in [-0.05, 0) is 24.6 Å². The molecule has 4 heteroatoms. The molecule has 4 nitrogen and oxygen atoms in total. The molecule has 0 aliphatic rings. The van der Waals surface area contributed by atoms with E-state index in [0.29, 0.717) is 0 Å². The smallest absolute Gasteiger partial charge is 0.308 e. The van der Waals surface area contributed by atoms with Gasteiger partial charge in [-0.1, -0.05) is 6.07 Å². The molecule has 1 rings (SSSR count). The van der Waals surface area contributed by atoms with Crippen molar-refractivity contribution in [2.75, 3.05) is 0 Å². The average molecular weight is 195 g/mol. The zero-order valence-electron chi connectivity index (χ0n) is 8.15. The minimum Gasteiger partial charge on any atom is -0.504 e. The maximum absolute atomic E-state index is 10.6. The Bertz CT molecular complexity index is 347. The third kappa shape index (κ3) is 2.47. The minimum atomic E-state index is -0.464. The number of phenols is 1. The van der Waals surface area contributed by atoms with Crippen molar-refractivity contribution >= 4 is 5.97 Å². The number of carbonyl (C=O) groups excluding carboxylic acids is 1. The zero-order chi connectivity index (χ0) is 10.7. The fraction of sp³-hybridized carbons (Fsp3) is 0.300. The Kier molecular flexibility index (Phi) is 3.09. The van der Waals surface area contributed by atoms with Gasteiger partial charge in [0.2, 0.25) is 0 Å². The molecule has 0 fully saturated rings. The number of benzene rings is 1.